The lowest BCUT2D eigenvalue weighted by atomic mass is 10.1. The summed E-state index contributed by atoms with van der Waals surface area (Å²) in [7, 11) is 0. The van der Waals surface area contributed by atoms with E-state index in [0.29, 0.717) is 13.0 Å². The zero-order chi connectivity index (χ0) is 16.5. The first kappa shape index (κ1) is 17.1. The molecule has 2 rings (SSSR count). The minimum absolute atomic E-state index is 0.0663. The van der Waals surface area contributed by atoms with E-state index in [0.717, 1.165) is 36.9 Å². The molecular weight excluding hydrogens is 291 g/mol. The number of carbonyl (C=O) groups is 1. The fourth-order valence-electron chi connectivity index (χ4n) is 2.46. The van der Waals surface area contributed by atoms with E-state index in [4.69, 9.17) is 0 Å². The first-order valence-corrected chi connectivity index (χ1v) is 8.15. The molecule has 0 atom stereocenters. The number of halogens is 1. The summed E-state index contributed by atoms with van der Waals surface area (Å²) in [5, 5.41) is 0. The van der Waals surface area contributed by atoms with Crippen LogP contribution in [0.15, 0.2) is 48.8 Å². The summed E-state index contributed by atoms with van der Waals surface area (Å²) >= 11 is 0. The Morgan fingerprint density at radius 3 is 2.57 bits per heavy atom. The van der Waals surface area contributed by atoms with Crippen molar-refractivity contribution in [2.75, 3.05) is 4.90 Å². The van der Waals surface area contributed by atoms with Crippen LogP contribution in [-0.2, 0) is 11.3 Å². The third-order valence-corrected chi connectivity index (χ3v) is 3.75. The van der Waals surface area contributed by atoms with Crippen LogP contribution in [0.4, 0.5) is 10.1 Å². The van der Waals surface area contributed by atoms with E-state index in [1.807, 2.05) is 12.1 Å². The monoisotopic (exact) mass is 314 g/mol. The molecule has 23 heavy (non-hydrogen) atoms. The van der Waals surface area contributed by atoms with Crippen molar-refractivity contribution in [1.82, 2.24) is 4.98 Å². The molecule has 0 aliphatic carbocycles. The van der Waals surface area contributed by atoms with Crippen molar-refractivity contribution in [3.63, 3.8) is 0 Å². The predicted octanol–water partition coefficient (Wildman–Crippen LogP) is 4.72. The van der Waals surface area contributed by atoms with Crippen LogP contribution in [0.2, 0.25) is 0 Å². The number of pyridine rings is 1. The summed E-state index contributed by atoms with van der Waals surface area (Å²) in [6, 6.07) is 9.86. The molecular formula is C19H23FN2O. The largest absolute Gasteiger partial charge is 0.308 e. The fraction of sp³-hybridized carbons (Fsp3) is 0.368. The second-order valence-corrected chi connectivity index (χ2v) is 5.63. The molecule has 0 saturated heterocycles. The highest BCUT2D eigenvalue weighted by molar-refractivity contribution is 5.93. The minimum atomic E-state index is -0.300. The van der Waals surface area contributed by atoms with Gasteiger partial charge in [0, 0.05) is 24.5 Å². The van der Waals surface area contributed by atoms with Crippen molar-refractivity contribution in [1.29, 1.82) is 0 Å². The van der Waals surface area contributed by atoms with Gasteiger partial charge in [-0.15, -0.1) is 0 Å². The van der Waals surface area contributed by atoms with Crippen molar-refractivity contribution in [3.05, 3.63) is 60.2 Å². The Labute approximate surface area is 137 Å². The number of rotatable bonds is 8. The topological polar surface area (TPSA) is 33.2 Å². The molecule has 0 aliphatic heterocycles. The average Bonchev–Trinajstić information content (AvgIpc) is 2.58. The van der Waals surface area contributed by atoms with Crippen molar-refractivity contribution < 1.29 is 9.18 Å². The van der Waals surface area contributed by atoms with Crippen LogP contribution in [0.3, 0.4) is 0 Å². The first-order chi connectivity index (χ1) is 11.2. The van der Waals surface area contributed by atoms with Gasteiger partial charge in [0.15, 0.2) is 0 Å². The normalized spacial score (nSPS) is 10.5. The van der Waals surface area contributed by atoms with E-state index in [9.17, 15) is 9.18 Å². The summed E-state index contributed by atoms with van der Waals surface area (Å²) < 4.78 is 13.2. The molecule has 0 saturated carbocycles. The molecule has 1 aromatic carbocycles. The number of nitrogens with zero attached hydrogens (tertiary/aromatic N) is 2. The van der Waals surface area contributed by atoms with Crippen LogP contribution in [0.1, 0.15) is 44.6 Å². The number of aromatic nitrogens is 1. The Hall–Kier alpha value is -2.23. The van der Waals surface area contributed by atoms with Crippen LogP contribution in [0, 0.1) is 5.82 Å². The lowest BCUT2D eigenvalue weighted by Crippen LogP contribution is -2.30. The highest BCUT2D eigenvalue weighted by Crippen LogP contribution is 2.20. The van der Waals surface area contributed by atoms with E-state index < -0.39 is 0 Å². The SMILES string of the molecule is CCCCCCC(=O)N(Cc1cccnc1)c1ccc(F)cc1. The van der Waals surface area contributed by atoms with Gasteiger partial charge in [0.2, 0.25) is 5.91 Å². The Balaban J connectivity index is 2.10. The summed E-state index contributed by atoms with van der Waals surface area (Å²) in [4.78, 5) is 18.4. The van der Waals surface area contributed by atoms with Gasteiger partial charge in [0.05, 0.1) is 6.54 Å². The van der Waals surface area contributed by atoms with E-state index in [1.54, 1.807) is 29.4 Å². The van der Waals surface area contributed by atoms with Crippen molar-refractivity contribution in [2.45, 2.75) is 45.6 Å². The van der Waals surface area contributed by atoms with Crippen molar-refractivity contribution in [3.8, 4) is 0 Å². The maximum atomic E-state index is 13.2. The van der Waals surface area contributed by atoms with Gasteiger partial charge in [-0.3, -0.25) is 9.78 Å². The van der Waals surface area contributed by atoms with Crippen LogP contribution < -0.4 is 4.90 Å². The smallest absolute Gasteiger partial charge is 0.227 e. The van der Waals surface area contributed by atoms with E-state index in [1.165, 1.54) is 12.1 Å². The number of hydrogen-bond donors (Lipinski definition) is 0. The maximum absolute atomic E-state index is 13.2. The molecule has 0 N–H and O–H groups in total. The van der Waals surface area contributed by atoms with Gasteiger partial charge in [0.1, 0.15) is 5.82 Å². The standard InChI is InChI=1S/C19H23FN2O/c1-2-3-4-5-8-19(23)22(15-16-7-6-13-21-14-16)18-11-9-17(20)10-12-18/h6-7,9-14H,2-5,8,15H2,1H3. The molecule has 0 bridgehead atoms. The van der Waals surface area contributed by atoms with Gasteiger partial charge in [-0.25, -0.2) is 4.39 Å². The number of unbranched alkanes of at least 4 members (excludes halogenated alkanes) is 3. The zero-order valence-corrected chi connectivity index (χ0v) is 13.5. The fourth-order valence-corrected chi connectivity index (χ4v) is 2.46. The number of anilines is 1. The number of carbonyl (C=O) groups excluding carboxylic acids is 1. The van der Waals surface area contributed by atoms with E-state index in [-0.39, 0.29) is 11.7 Å². The van der Waals surface area contributed by atoms with E-state index in [2.05, 4.69) is 11.9 Å². The Morgan fingerprint density at radius 1 is 1.13 bits per heavy atom. The molecule has 1 aromatic heterocycles. The molecule has 1 amide bonds. The molecule has 4 heteroatoms. The summed E-state index contributed by atoms with van der Waals surface area (Å²) in [5.74, 6) is -0.234. The van der Waals surface area contributed by atoms with Gasteiger partial charge in [-0.1, -0.05) is 32.3 Å². The van der Waals surface area contributed by atoms with E-state index >= 15 is 0 Å². The second-order valence-electron chi connectivity index (χ2n) is 5.63. The molecule has 0 unspecified atom stereocenters. The lowest BCUT2D eigenvalue weighted by molar-refractivity contribution is -0.118. The third-order valence-electron chi connectivity index (χ3n) is 3.75. The first-order valence-electron chi connectivity index (χ1n) is 8.15. The average molecular weight is 314 g/mol. The highest BCUT2D eigenvalue weighted by Gasteiger charge is 2.16. The molecule has 122 valence electrons. The quantitative estimate of drug-likeness (QED) is 0.660. The van der Waals surface area contributed by atoms with Gasteiger partial charge in [-0.2, -0.15) is 0 Å². The maximum Gasteiger partial charge on any atom is 0.227 e. The van der Waals surface area contributed by atoms with Gasteiger partial charge in [0.25, 0.3) is 0 Å². The molecule has 0 aliphatic rings. The van der Waals surface area contributed by atoms with Crippen LogP contribution in [-0.4, -0.2) is 10.9 Å². The Morgan fingerprint density at radius 2 is 1.91 bits per heavy atom. The number of hydrogen-bond acceptors (Lipinski definition) is 2. The number of amides is 1. The lowest BCUT2D eigenvalue weighted by Gasteiger charge is -2.23. The third kappa shape index (κ3) is 5.47. The van der Waals surface area contributed by atoms with Crippen LogP contribution >= 0.6 is 0 Å². The van der Waals surface area contributed by atoms with Gasteiger partial charge >= 0.3 is 0 Å². The van der Waals surface area contributed by atoms with Crippen LogP contribution in [0.25, 0.3) is 0 Å². The van der Waals surface area contributed by atoms with Crippen LogP contribution in [0.5, 0.6) is 0 Å². The predicted molar refractivity (Wildman–Crippen MR) is 90.6 cm³/mol. The molecule has 0 radical (unpaired) electrons. The summed E-state index contributed by atoms with van der Waals surface area (Å²) in [5.41, 5.74) is 1.68. The molecule has 0 spiro atoms. The van der Waals surface area contributed by atoms with Crippen molar-refractivity contribution in [2.24, 2.45) is 0 Å². The van der Waals surface area contributed by atoms with Crippen molar-refractivity contribution >= 4 is 11.6 Å². The zero-order valence-electron chi connectivity index (χ0n) is 13.5. The molecule has 3 nitrogen and oxygen atoms in total. The Kier molecular flexibility index (Phi) is 6.73. The molecule has 0 fully saturated rings. The van der Waals surface area contributed by atoms with Gasteiger partial charge in [-0.05, 0) is 42.3 Å². The Bertz CT molecular complexity index is 599. The highest BCUT2D eigenvalue weighted by atomic mass is 19.1. The minimum Gasteiger partial charge on any atom is -0.308 e. The number of benzene rings is 1. The van der Waals surface area contributed by atoms with Gasteiger partial charge < -0.3 is 4.90 Å². The molecule has 1 heterocycles. The molecule has 2 aromatic rings. The summed E-state index contributed by atoms with van der Waals surface area (Å²) in [6.07, 6.45) is 8.21. The summed E-state index contributed by atoms with van der Waals surface area (Å²) in [6.45, 7) is 2.60. The second kappa shape index (κ2) is 9.03.